The summed E-state index contributed by atoms with van der Waals surface area (Å²) in [5.74, 6) is 0.776. The molecule has 1 aliphatic carbocycles. The Morgan fingerprint density at radius 3 is 2.42 bits per heavy atom. The zero-order chi connectivity index (χ0) is 14.0. The maximum atomic E-state index is 12.5. The summed E-state index contributed by atoms with van der Waals surface area (Å²) in [6.45, 7) is 2.27. The molecule has 0 saturated heterocycles. The average molecular weight is 261 g/mol. The van der Waals surface area contributed by atoms with E-state index in [0.29, 0.717) is 23.0 Å². The molecule has 2 rings (SSSR count). The Bertz CT molecular complexity index is 464. The van der Waals surface area contributed by atoms with E-state index in [0.717, 1.165) is 18.8 Å². The standard InChI is InChI=1S/C15H23N3O/c1-10-3-6-12(7-4-10)18(2)15(19)13-8-5-11(16)9-14(13)17/h5,8-10,12H,3-4,6-7,16-17H2,1-2H3. The van der Waals surface area contributed by atoms with Crippen LogP contribution >= 0.6 is 0 Å². The third kappa shape index (κ3) is 3.00. The van der Waals surface area contributed by atoms with Gasteiger partial charge in [0, 0.05) is 24.5 Å². The van der Waals surface area contributed by atoms with E-state index in [9.17, 15) is 4.79 Å². The van der Waals surface area contributed by atoms with Gasteiger partial charge in [0.05, 0.1) is 5.56 Å². The summed E-state index contributed by atoms with van der Waals surface area (Å²) in [6, 6.07) is 5.42. The number of nitrogens with two attached hydrogens (primary N) is 2. The van der Waals surface area contributed by atoms with Gasteiger partial charge in [0.2, 0.25) is 0 Å². The van der Waals surface area contributed by atoms with Crippen LogP contribution in [0, 0.1) is 5.92 Å². The lowest BCUT2D eigenvalue weighted by Crippen LogP contribution is -2.39. The number of benzene rings is 1. The molecule has 0 aliphatic heterocycles. The minimum atomic E-state index is -0.00273. The third-order valence-corrected chi connectivity index (χ3v) is 4.16. The van der Waals surface area contributed by atoms with Crippen molar-refractivity contribution in [3.63, 3.8) is 0 Å². The molecular weight excluding hydrogens is 238 g/mol. The fourth-order valence-electron chi connectivity index (χ4n) is 2.76. The van der Waals surface area contributed by atoms with Gasteiger partial charge in [-0.2, -0.15) is 0 Å². The molecule has 1 saturated carbocycles. The summed E-state index contributed by atoms with van der Waals surface area (Å²) in [7, 11) is 1.87. The highest BCUT2D eigenvalue weighted by atomic mass is 16.2. The molecule has 0 radical (unpaired) electrons. The normalized spacial score (nSPS) is 23.1. The second-order valence-corrected chi connectivity index (χ2v) is 5.68. The quantitative estimate of drug-likeness (QED) is 0.803. The Kier molecular flexibility index (Phi) is 3.98. The number of rotatable bonds is 2. The summed E-state index contributed by atoms with van der Waals surface area (Å²) in [5.41, 5.74) is 13.1. The molecule has 1 aliphatic rings. The Labute approximate surface area is 114 Å². The van der Waals surface area contributed by atoms with Gasteiger partial charge in [0.15, 0.2) is 0 Å². The Hall–Kier alpha value is -1.71. The van der Waals surface area contributed by atoms with Gasteiger partial charge >= 0.3 is 0 Å². The molecule has 4 N–H and O–H groups in total. The monoisotopic (exact) mass is 261 g/mol. The summed E-state index contributed by atoms with van der Waals surface area (Å²) >= 11 is 0. The number of anilines is 2. The molecule has 4 nitrogen and oxygen atoms in total. The molecule has 1 fully saturated rings. The number of hydrogen-bond donors (Lipinski definition) is 2. The van der Waals surface area contributed by atoms with Gasteiger partial charge < -0.3 is 16.4 Å². The molecule has 1 aromatic rings. The van der Waals surface area contributed by atoms with E-state index in [-0.39, 0.29) is 5.91 Å². The van der Waals surface area contributed by atoms with E-state index in [1.54, 1.807) is 18.2 Å². The molecule has 0 atom stereocenters. The molecule has 0 aromatic heterocycles. The maximum Gasteiger partial charge on any atom is 0.255 e. The number of nitrogen functional groups attached to an aromatic ring is 2. The fraction of sp³-hybridized carbons (Fsp3) is 0.533. The van der Waals surface area contributed by atoms with Crippen LogP contribution in [0.4, 0.5) is 11.4 Å². The van der Waals surface area contributed by atoms with Crippen LogP contribution in [-0.4, -0.2) is 23.9 Å². The van der Waals surface area contributed by atoms with Crippen molar-refractivity contribution in [3.8, 4) is 0 Å². The van der Waals surface area contributed by atoms with E-state index >= 15 is 0 Å². The van der Waals surface area contributed by atoms with Crippen LogP contribution in [-0.2, 0) is 0 Å². The van der Waals surface area contributed by atoms with Crippen LogP contribution < -0.4 is 11.5 Å². The van der Waals surface area contributed by atoms with Crippen LogP contribution in [0.2, 0.25) is 0 Å². The Balaban J connectivity index is 2.10. The summed E-state index contributed by atoms with van der Waals surface area (Å²) in [5, 5.41) is 0. The highest BCUT2D eigenvalue weighted by molar-refractivity contribution is 5.99. The van der Waals surface area contributed by atoms with Gasteiger partial charge in [-0.3, -0.25) is 4.79 Å². The molecule has 0 bridgehead atoms. The third-order valence-electron chi connectivity index (χ3n) is 4.16. The van der Waals surface area contributed by atoms with Crippen LogP contribution in [0.5, 0.6) is 0 Å². The minimum Gasteiger partial charge on any atom is -0.399 e. The first-order chi connectivity index (χ1) is 8.99. The van der Waals surface area contributed by atoms with E-state index in [1.165, 1.54) is 12.8 Å². The van der Waals surface area contributed by atoms with Crippen molar-refractivity contribution in [2.24, 2.45) is 5.92 Å². The molecule has 104 valence electrons. The molecule has 1 amide bonds. The molecule has 19 heavy (non-hydrogen) atoms. The van der Waals surface area contributed by atoms with Crippen molar-refractivity contribution in [2.75, 3.05) is 18.5 Å². The molecule has 0 spiro atoms. The van der Waals surface area contributed by atoms with Gasteiger partial charge in [0.1, 0.15) is 0 Å². The van der Waals surface area contributed by atoms with Gasteiger partial charge in [-0.25, -0.2) is 0 Å². The average Bonchev–Trinajstić information content (AvgIpc) is 2.38. The van der Waals surface area contributed by atoms with Crippen LogP contribution in [0.15, 0.2) is 18.2 Å². The predicted molar refractivity (Wildman–Crippen MR) is 78.8 cm³/mol. The summed E-state index contributed by atoms with van der Waals surface area (Å²) < 4.78 is 0. The minimum absolute atomic E-state index is 0.00273. The second-order valence-electron chi connectivity index (χ2n) is 5.68. The van der Waals surface area contributed by atoms with Crippen LogP contribution in [0.3, 0.4) is 0 Å². The van der Waals surface area contributed by atoms with Crippen molar-refractivity contribution in [1.82, 2.24) is 4.90 Å². The number of nitrogens with zero attached hydrogens (tertiary/aromatic N) is 1. The zero-order valence-electron chi connectivity index (χ0n) is 11.7. The van der Waals surface area contributed by atoms with Crippen molar-refractivity contribution in [2.45, 2.75) is 38.6 Å². The molecule has 1 aromatic carbocycles. The van der Waals surface area contributed by atoms with Gasteiger partial charge in [-0.05, 0) is 49.8 Å². The smallest absolute Gasteiger partial charge is 0.255 e. The number of carbonyl (C=O) groups is 1. The SMILES string of the molecule is CC1CCC(N(C)C(=O)c2ccc(N)cc2N)CC1. The molecule has 0 unspecified atom stereocenters. The Morgan fingerprint density at radius 1 is 1.21 bits per heavy atom. The lowest BCUT2D eigenvalue weighted by atomic mass is 9.86. The van der Waals surface area contributed by atoms with E-state index < -0.39 is 0 Å². The highest BCUT2D eigenvalue weighted by Gasteiger charge is 2.26. The molecular formula is C15H23N3O. The highest BCUT2D eigenvalue weighted by Crippen LogP contribution is 2.28. The van der Waals surface area contributed by atoms with Crippen molar-refractivity contribution < 1.29 is 4.79 Å². The maximum absolute atomic E-state index is 12.5. The lowest BCUT2D eigenvalue weighted by Gasteiger charge is -2.33. The number of carbonyl (C=O) groups excluding carboxylic acids is 1. The first-order valence-electron chi connectivity index (χ1n) is 6.91. The largest absolute Gasteiger partial charge is 0.399 e. The zero-order valence-corrected chi connectivity index (χ0v) is 11.7. The van der Waals surface area contributed by atoms with Crippen molar-refractivity contribution >= 4 is 17.3 Å². The topological polar surface area (TPSA) is 72.3 Å². The molecule has 0 heterocycles. The van der Waals surface area contributed by atoms with Gasteiger partial charge in [0.25, 0.3) is 5.91 Å². The van der Waals surface area contributed by atoms with Gasteiger partial charge in [-0.15, -0.1) is 0 Å². The van der Waals surface area contributed by atoms with E-state index in [1.807, 2.05) is 11.9 Å². The second kappa shape index (κ2) is 5.51. The van der Waals surface area contributed by atoms with Crippen LogP contribution in [0.25, 0.3) is 0 Å². The number of amides is 1. The van der Waals surface area contributed by atoms with Crippen LogP contribution in [0.1, 0.15) is 43.0 Å². The first kappa shape index (κ1) is 13.7. The van der Waals surface area contributed by atoms with E-state index in [2.05, 4.69) is 6.92 Å². The lowest BCUT2D eigenvalue weighted by molar-refractivity contribution is 0.0680. The first-order valence-corrected chi connectivity index (χ1v) is 6.91. The van der Waals surface area contributed by atoms with Crippen molar-refractivity contribution in [3.05, 3.63) is 23.8 Å². The van der Waals surface area contributed by atoms with E-state index in [4.69, 9.17) is 11.5 Å². The fourth-order valence-corrected chi connectivity index (χ4v) is 2.76. The van der Waals surface area contributed by atoms with Gasteiger partial charge in [-0.1, -0.05) is 6.92 Å². The Morgan fingerprint density at radius 2 is 1.84 bits per heavy atom. The van der Waals surface area contributed by atoms with Crippen molar-refractivity contribution in [1.29, 1.82) is 0 Å². The number of hydrogen-bond acceptors (Lipinski definition) is 3. The predicted octanol–water partition coefficient (Wildman–Crippen LogP) is 2.50. The molecule has 4 heteroatoms. The summed E-state index contributed by atoms with van der Waals surface area (Å²) in [6.07, 6.45) is 4.55. The summed E-state index contributed by atoms with van der Waals surface area (Å²) in [4.78, 5) is 14.3.